The van der Waals surface area contributed by atoms with E-state index in [0.29, 0.717) is 11.3 Å². The van der Waals surface area contributed by atoms with Gasteiger partial charge in [-0.05, 0) is 49.2 Å². The van der Waals surface area contributed by atoms with Crippen LogP contribution in [0.4, 0.5) is 8.78 Å². The van der Waals surface area contributed by atoms with Crippen LogP contribution < -0.4 is 10.1 Å². The third-order valence-electron chi connectivity index (χ3n) is 3.34. The molecule has 0 aliphatic carbocycles. The Morgan fingerprint density at radius 2 is 1.71 bits per heavy atom. The molecule has 0 saturated carbocycles. The molecule has 0 radical (unpaired) electrons. The molecule has 0 saturated heterocycles. The highest BCUT2D eigenvalue weighted by molar-refractivity contribution is 5.77. The number of rotatable bonds is 6. The molecule has 128 valence electrons. The highest BCUT2D eigenvalue weighted by Crippen LogP contribution is 2.22. The van der Waals surface area contributed by atoms with E-state index >= 15 is 0 Å². The van der Waals surface area contributed by atoms with Gasteiger partial charge in [0, 0.05) is 12.6 Å². The molecule has 4 nitrogen and oxygen atoms in total. The third-order valence-corrected chi connectivity index (χ3v) is 3.34. The molecule has 0 heterocycles. The lowest BCUT2D eigenvalue weighted by Gasteiger charge is -2.17. The van der Waals surface area contributed by atoms with Crippen LogP contribution in [-0.2, 0) is 16.9 Å². The van der Waals surface area contributed by atoms with E-state index in [1.807, 2.05) is 0 Å². The molecule has 0 spiro atoms. The van der Waals surface area contributed by atoms with Crippen molar-refractivity contribution in [2.24, 2.45) is 0 Å². The van der Waals surface area contributed by atoms with Crippen molar-refractivity contribution in [2.75, 3.05) is 6.61 Å². The van der Waals surface area contributed by atoms with E-state index in [9.17, 15) is 18.7 Å². The molecule has 1 amide bonds. The van der Waals surface area contributed by atoms with Crippen molar-refractivity contribution in [2.45, 2.75) is 26.0 Å². The third kappa shape index (κ3) is 5.31. The molecule has 2 aromatic carbocycles. The van der Waals surface area contributed by atoms with Gasteiger partial charge >= 0.3 is 0 Å². The van der Waals surface area contributed by atoms with Gasteiger partial charge in [-0.15, -0.1) is 0 Å². The summed E-state index contributed by atoms with van der Waals surface area (Å²) in [6.45, 7) is 3.13. The minimum atomic E-state index is -0.948. The molecule has 0 aromatic heterocycles. The van der Waals surface area contributed by atoms with E-state index < -0.39 is 23.1 Å². The van der Waals surface area contributed by atoms with E-state index in [1.54, 1.807) is 38.1 Å². The van der Waals surface area contributed by atoms with Gasteiger partial charge < -0.3 is 15.2 Å². The molecule has 0 fully saturated rings. The molecule has 0 aliphatic rings. The first-order valence-electron chi connectivity index (χ1n) is 7.41. The Kier molecular flexibility index (Phi) is 5.51. The van der Waals surface area contributed by atoms with Crippen molar-refractivity contribution in [1.29, 1.82) is 0 Å². The van der Waals surface area contributed by atoms with Crippen molar-refractivity contribution >= 4 is 5.91 Å². The quantitative estimate of drug-likeness (QED) is 0.853. The predicted molar refractivity (Wildman–Crippen MR) is 85.4 cm³/mol. The van der Waals surface area contributed by atoms with Crippen molar-refractivity contribution in [1.82, 2.24) is 5.32 Å². The van der Waals surface area contributed by atoms with Crippen LogP contribution in [0.5, 0.6) is 5.75 Å². The standard InChI is InChI=1S/C18H19F2NO3/c1-18(2,23)13-3-5-16(6-4-13)24-11-17(22)21-10-12-7-14(19)9-15(20)8-12/h3-9,23H,10-11H2,1-2H3,(H,21,22). The molecule has 0 unspecified atom stereocenters. The molecule has 2 rings (SSSR count). The van der Waals surface area contributed by atoms with E-state index in [4.69, 9.17) is 4.74 Å². The zero-order valence-corrected chi connectivity index (χ0v) is 13.5. The first kappa shape index (κ1) is 17.9. The fourth-order valence-electron chi connectivity index (χ4n) is 2.07. The lowest BCUT2D eigenvalue weighted by Crippen LogP contribution is -2.28. The van der Waals surface area contributed by atoms with Gasteiger partial charge in [0.2, 0.25) is 0 Å². The van der Waals surface area contributed by atoms with Crippen LogP contribution in [0.2, 0.25) is 0 Å². The van der Waals surface area contributed by atoms with E-state index in [-0.39, 0.29) is 13.2 Å². The Hall–Kier alpha value is -2.47. The van der Waals surface area contributed by atoms with Gasteiger partial charge in [0.1, 0.15) is 17.4 Å². The summed E-state index contributed by atoms with van der Waals surface area (Å²) in [4.78, 5) is 11.7. The Morgan fingerprint density at radius 1 is 1.12 bits per heavy atom. The van der Waals surface area contributed by atoms with Crippen LogP contribution >= 0.6 is 0 Å². The number of hydrogen-bond donors (Lipinski definition) is 2. The maximum atomic E-state index is 13.0. The van der Waals surface area contributed by atoms with Gasteiger partial charge in [0.15, 0.2) is 6.61 Å². The van der Waals surface area contributed by atoms with E-state index in [0.717, 1.165) is 23.8 Å². The minimum Gasteiger partial charge on any atom is -0.484 e. The van der Waals surface area contributed by atoms with Gasteiger partial charge in [0.05, 0.1) is 5.60 Å². The summed E-state index contributed by atoms with van der Waals surface area (Å²) in [5.41, 5.74) is 0.110. The van der Waals surface area contributed by atoms with Crippen LogP contribution in [0.25, 0.3) is 0 Å². The Bertz CT molecular complexity index is 689. The Labute approximate surface area is 139 Å². The van der Waals surface area contributed by atoms with Crippen LogP contribution in [0, 0.1) is 11.6 Å². The SMILES string of the molecule is CC(C)(O)c1ccc(OCC(=O)NCc2cc(F)cc(F)c2)cc1. The second-order valence-electron chi connectivity index (χ2n) is 5.93. The van der Waals surface area contributed by atoms with Crippen LogP contribution in [0.1, 0.15) is 25.0 Å². The molecular formula is C18H19F2NO3. The van der Waals surface area contributed by atoms with Gasteiger partial charge in [-0.2, -0.15) is 0 Å². The number of nitrogens with one attached hydrogen (secondary N) is 1. The molecule has 0 atom stereocenters. The number of carbonyl (C=O) groups is 1. The summed E-state index contributed by atoms with van der Waals surface area (Å²) >= 11 is 0. The average molecular weight is 335 g/mol. The molecule has 2 aromatic rings. The number of hydrogen-bond acceptors (Lipinski definition) is 3. The van der Waals surface area contributed by atoms with Crippen molar-refractivity contribution < 1.29 is 23.4 Å². The zero-order chi connectivity index (χ0) is 17.7. The average Bonchev–Trinajstić information content (AvgIpc) is 2.49. The molecule has 0 bridgehead atoms. The number of aliphatic hydroxyl groups is 1. The van der Waals surface area contributed by atoms with Gasteiger partial charge in [0.25, 0.3) is 5.91 Å². The smallest absolute Gasteiger partial charge is 0.258 e. The number of ether oxygens (including phenoxy) is 1. The normalized spacial score (nSPS) is 11.2. The monoisotopic (exact) mass is 335 g/mol. The van der Waals surface area contributed by atoms with Gasteiger partial charge in [-0.1, -0.05) is 12.1 Å². The van der Waals surface area contributed by atoms with Crippen LogP contribution in [0.3, 0.4) is 0 Å². The number of benzene rings is 2. The number of carbonyl (C=O) groups excluding carboxylic acids is 1. The van der Waals surface area contributed by atoms with Gasteiger partial charge in [-0.25, -0.2) is 8.78 Å². The fourth-order valence-corrected chi connectivity index (χ4v) is 2.07. The van der Waals surface area contributed by atoms with E-state index in [1.165, 1.54) is 0 Å². The lowest BCUT2D eigenvalue weighted by molar-refractivity contribution is -0.123. The number of amides is 1. The van der Waals surface area contributed by atoms with Crippen molar-refractivity contribution in [3.8, 4) is 5.75 Å². The summed E-state index contributed by atoms with van der Waals surface area (Å²) < 4.78 is 31.4. The first-order chi connectivity index (χ1) is 11.2. The highest BCUT2D eigenvalue weighted by Gasteiger charge is 2.15. The molecule has 6 heteroatoms. The largest absolute Gasteiger partial charge is 0.484 e. The predicted octanol–water partition coefficient (Wildman–Crippen LogP) is 2.89. The maximum Gasteiger partial charge on any atom is 0.258 e. The lowest BCUT2D eigenvalue weighted by atomic mass is 9.99. The molecule has 0 aliphatic heterocycles. The second kappa shape index (κ2) is 7.40. The summed E-state index contributed by atoms with van der Waals surface area (Å²) in [5.74, 6) is -1.31. The van der Waals surface area contributed by atoms with E-state index in [2.05, 4.69) is 5.32 Å². The summed E-state index contributed by atoms with van der Waals surface area (Å²) in [6.07, 6.45) is 0. The summed E-state index contributed by atoms with van der Waals surface area (Å²) in [6, 6.07) is 9.81. The summed E-state index contributed by atoms with van der Waals surface area (Å²) in [7, 11) is 0. The van der Waals surface area contributed by atoms with Crippen molar-refractivity contribution in [3.05, 3.63) is 65.2 Å². The molecular weight excluding hydrogens is 316 g/mol. The Balaban J connectivity index is 1.82. The second-order valence-corrected chi connectivity index (χ2v) is 5.93. The zero-order valence-electron chi connectivity index (χ0n) is 13.5. The Morgan fingerprint density at radius 3 is 2.25 bits per heavy atom. The number of halogens is 2. The molecule has 24 heavy (non-hydrogen) atoms. The molecule has 2 N–H and O–H groups in total. The van der Waals surface area contributed by atoms with Crippen LogP contribution in [0.15, 0.2) is 42.5 Å². The fraction of sp³-hybridized carbons (Fsp3) is 0.278. The van der Waals surface area contributed by atoms with Gasteiger partial charge in [-0.3, -0.25) is 4.79 Å². The first-order valence-corrected chi connectivity index (χ1v) is 7.41. The van der Waals surface area contributed by atoms with Crippen molar-refractivity contribution in [3.63, 3.8) is 0 Å². The maximum absolute atomic E-state index is 13.0. The topological polar surface area (TPSA) is 58.6 Å². The highest BCUT2D eigenvalue weighted by atomic mass is 19.1. The van der Waals surface area contributed by atoms with Crippen LogP contribution in [-0.4, -0.2) is 17.6 Å². The minimum absolute atomic E-state index is 0.00845. The summed E-state index contributed by atoms with van der Waals surface area (Å²) in [5, 5.41) is 12.4.